The van der Waals surface area contributed by atoms with Crippen molar-refractivity contribution in [2.75, 3.05) is 13.1 Å². The number of hydrogen-bond donors (Lipinski definition) is 1. The van der Waals surface area contributed by atoms with Crippen LogP contribution in [0.5, 0.6) is 0 Å². The molecule has 1 aromatic carbocycles. The van der Waals surface area contributed by atoms with Crippen molar-refractivity contribution in [3.05, 3.63) is 29.3 Å². The Balaban J connectivity index is 2.48. The quantitative estimate of drug-likeness (QED) is 0.851. The summed E-state index contributed by atoms with van der Waals surface area (Å²) in [4.78, 5) is 13.1. The van der Waals surface area contributed by atoms with Crippen molar-refractivity contribution in [1.82, 2.24) is 9.21 Å². The fourth-order valence-electron chi connectivity index (χ4n) is 3.85. The lowest BCUT2D eigenvalue weighted by molar-refractivity contribution is 0.0158. The molecule has 1 amide bonds. The van der Waals surface area contributed by atoms with E-state index in [-0.39, 0.29) is 18.0 Å². The number of amides is 1. The molecule has 2 rings (SSSR count). The summed E-state index contributed by atoms with van der Waals surface area (Å²) in [7, 11) is -3.80. The van der Waals surface area contributed by atoms with Crippen LogP contribution in [0, 0.1) is 23.7 Å². The van der Waals surface area contributed by atoms with E-state index in [2.05, 4.69) is 0 Å². The number of aryl methyl sites for hydroxylation is 1. The van der Waals surface area contributed by atoms with Crippen molar-refractivity contribution < 1.29 is 18.3 Å². The van der Waals surface area contributed by atoms with E-state index < -0.39 is 33.6 Å². The average molecular weight is 379 g/mol. The third kappa shape index (κ3) is 3.55. The van der Waals surface area contributed by atoms with Gasteiger partial charge in [0.05, 0.1) is 22.6 Å². The minimum Gasteiger partial charge on any atom is -0.465 e. The summed E-state index contributed by atoms with van der Waals surface area (Å²) < 4.78 is 27.9. The topological polar surface area (TPSA) is 102 Å². The molecule has 8 heteroatoms. The van der Waals surface area contributed by atoms with Crippen LogP contribution in [0.4, 0.5) is 4.79 Å². The molecule has 0 radical (unpaired) electrons. The zero-order valence-electron chi connectivity index (χ0n) is 15.7. The van der Waals surface area contributed by atoms with Gasteiger partial charge in [-0.05, 0) is 43.0 Å². The molecule has 0 saturated carbocycles. The smallest absolute Gasteiger partial charge is 0.407 e. The summed E-state index contributed by atoms with van der Waals surface area (Å²) in [6.45, 7) is 9.36. The van der Waals surface area contributed by atoms with Crippen LogP contribution in [0.25, 0.3) is 0 Å². The van der Waals surface area contributed by atoms with Crippen LogP contribution >= 0.6 is 0 Å². The largest absolute Gasteiger partial charge is 0.465 e. The second-order valence-corrected chi connectivity index (χ2v) is 9.59. The molecule has 1 aliphatic rings. The van der Waals surface area contributed by atoms with E-state index in [9.17, 15) is 18.3 Å². The Hall–Kier alpha value is -2.11. The molecule has 1 aliphatic heterocycles. The molecular formula is C18H25N3O4S. The maximum Gasteiger partial charge on any atom is 0.407 e. The molecule has 142 valence electrons. The lowest BCUT2D eigenvalue weighted by Crippen LogP contribution is -2.64. The molecule has 1 heterocycles. The Morgan fingerprint density at radius 3 is 2.38 bits per heavy atom. The van der Waals surface area contributed by atoms with Crippen molar-refractivity contribution >= 4 is 16.1 Å². The van der Waals surface area contributed by atoms with Gasteiger partial charge in [-0.3, -0.25) is 0 Å². The highest BCUT2D eigenvalue weighted by atomic mass is 32.2. The van der Waals surface area contributed by atoms with Gasteiger partial charge < -0.3 is 10.0 Å². The predicted octanol–water partition coefficient (Wildman–Crippen LogP) is 2.65. The van der Waals surface area contributed by atoms with E-state index in [0.29, 0.717) is 11.1 Å². The molecule has 1 N–H and O–H groups in total. The third-order valence-electron chi connectivity index (χ3n) is 4.83. The maximum absolute atomic E-state index is 13.2. The van der Waals surface area contributed by atoms with Crippen LogP contribution in [-0.2, 0) is 10.0 Å². The van der Waals surface area contributed by atoms with E-state index in [1.54, 1.807) is 19.9 Å². The Morgan fingerprint density at radius 2 is 1.92 bits per heavy atom. The van der Waals surface area contributed by atoms with Crippen LogP contribution in [-0.4, -0.2) is 54.0 Å². The molecule has 1 fully saturated rings. The highest BCUT2D eigenvalue weighted by molar-refractivity contribution is 7.89. The molecule has 1 unspecified atom stereocenters. The van der Waals surface area contributed by atoms with Gasteiger partial charge in [0.15, 0.2) is 0 Å². The first kappa shape index (κ1) is 20.2. The molecule has 1 saturated heterocycles. The first-order valence-corrected chi connectivity index (χ1v) is 9.87. The van der Waals surface area contributed by atoms with Gasteiger partial charge >= 0.3 is 6.09 Å². The lowest BCUT2D eigenvalue weighted by Gasteiger charge is -2.49. The zero-order valence-corrected chi connectivity index (χ0v) is 16.5. The van der Waals surface area contributed by atoms with E-state index >= 15 is 0 Å². The number of carboxylic acid groups (broad SMARTS) is 1. The first-order chi connectivity index (χ1) is 11.9. The number of sulfonamides is 1. The van der Waals surface area contributed by atoms with Gasteiger partial charge in [0, 0.05) is 19.1 Å². The summed E-state index contributed by atoms with van der Waals surface area (Å²) in [6, 6.07) is 5.50. The van der Waals surface area contributed by atoms with E-state index in [0.717, 1.165) is 0 Å². The van der Waals surface area contributed by atoms with Gasteiger partial charge in [0.25, 0.3) is 0 Å². The molecule has 1 aromatic rings. The molecule has 0 aromatic heterocycles. The molecule has 0 spiro atoms. The monoisotopic (exact) mass is 379 g/mol. The van der Waals surface area contributed by atoms with Gasteiger partial charge in [-0.1, -0.05) is 20.8 Å². The molecule has 26 heavy (non-hydrogen) atoms. The average Bonchev–Trinajstić information content (AvgIpc) is 2.52. The van der Waals surface area contributed by atoms with Crippen molar-refractivity contribution in [2.45, 2.75) is 51.6 Å². The van der Waals surface area contributed by atoms with Crippen LogP contribution in [0.3, 0.4) is 0 Å². The van der Waals surface area contributed by atoms with E-state index in [1.165, 1.54) is 21.3 Å². The number of nitrogens with zero attached hydrogens (tertiary/aromatic N) is 3. The zero-order chi connectivity index (χ0) is 19.9. The molecule has 0 aliphatic carbocycles. The van der Waals surface area contributed by atoms with Gasteiger partial charge in [-0.15, -0.1) is 0 Å². The number of benzene rings is 1. The number of nitriles is 1. The third-order valence-corrected chi connectivity index (χ3v) is 6.98. The fraction of sp³-hybridized carbons (Fsp3) is 0.556. The summed E-state index contributed by atoms with van der Waals surface area (Å²) in [5.74, 6) is 0. The highest BCUT2D eigenvalue weighted by Gasteiger charge is 2.46. The van der Waals surface area contributed by atoms with E-state index in [4.69, 9.17) is 5.26 Å². The van der Waals surface area contributed by atoms with Crippen molar-refractivity contribution in [2.24, 2.45) is 5.41 Å². The molecule has 7 nitrogen and oxygen atoms in total. The SMILES string of the molecule is Cc1cc(C#N)ccc1S(=O)(=O)N1CCN(C(=O)O)C(C(C)(C)C)[C@@H]1C. The summed E-state index contributed by atoms with van der Waals surface area (Å²) in [5, 5.41) is 18.5. The molecular weight excluding hydrogens is 354 g/mol. The van der Waals surface area contributed by atoms with Gasteiger partial charge in [-0.2, -0.15) is 9.57 Å². The Labute approximate surface area is 154 Å². The summed E-state index contributed by atoms with van der Waals surface area (Å²) in [5.41, 5.74) is 0.480. The first-order valence-electron chi connectivity index (χ1n) is 8.43. The predicted molar refractivity (Wildman–Crippen MR) is 97.2 cm³/mol. The Morgan fingerprint density at radius 1 is 1.31 bits per heavy atom. The van der Waals surface area contributed by atoms with Crippen LogP contribution in [0.2, 0.25) is 0 Å². The summed E-state index contributed by atoms with van der Waals surface area (Å²) >= 11 is 0. The minimum absolute atomic E-state index is 0.0990. The number of hydrogen-bond acceptors (Lipinski definition) is 4. The Kier molecular flexibility index (Phi) is 5.36. The van der Waals surface area contributed by atoms with Crippen LogP contribution in [0.1, 0.15) is 38.8 Å². The van der Waals surface area contributed by atoms with Crippen molar-refractivity contribution in [1.29, 1.82) is 5.26 Å². The van der Waals surface area contributed by atoms with Crippen molar-refractivity contribution in [3.8, 4) is 6.07 Å². The number of piperazine rings is 1. The second kappa shape index (κ2) is 6.89. The number of carbonyl (C=O) groups is 1. The standard InChI is InChI=1S/C18H25N3O4S/c1-12-10-14(11-19)6-7-15(12)26(24,25)21-9-8-20(17(22)23)16(13(21)2)18(3,4)5/h6-7,10,13,16H,8-9H2,1-5H3,(H,22,23)/t13-,16?/m0/s1. The fourth-order valence-corrected chi connectivity index (χ4v) is 5.68. The minimum atomic E-state index is -3.80. The second-order valence-electron chi connectivity index (χ2n) is 7.74. The molecule has 2 atom stereocenters. The van der Waals surface area contributed by atoms with Gasteiger partial charge in [0.2, 0.25) is 10.0 Å². The lowest BCUT2D eigenvalue weighted by atomic mass is 9.80. The normalized spacial score (nSPS) is 22.1. The highest BCUT2D eigenvalue weighted by Crippen LogP contribution is 2.35. The number of rotatable bonds is 2. The van der Waals surface area contributed by atoms with E-state index in [1.807, 2.05) is 26.8 Å². The van der Waals surface area contributed by atoms with Crippen LogP contribution < -0.4 is 0 Å². The van der Waals surface area contributed by atoms with Crippen LogP contribution in [0.15, 0.2) is 23.1 Å². The maximum atomic E-state index is 13.2. The summed E-state index contributed by atoms with van der Waals surface area (Å²) in [6.07, 6.45) is -1.04. The molecule has 0 bridgehead atoms. The van der Waals surface area contributed by atoms with Gasteiger partial charge in [0.1, 0.15) is 0 Å². The Bertz CT molecular complexity index is 852. The van der Waals surface area contributed by atoms with Crippen molar-refractivity contribution in [3.63, 3.8) is 0 Å². The van der Waals surface area contributed by atoms with Gasteiger partial charge in [-0.25, -0.2) is 13.2 Å².